The van der Waals surface area contributed by atoms with E-state index in [9.17, 15) is 9.59 Å². The van der Waals surface area contributed by atoms with Crippen LogP contribution in [0.15, 0.2) is 47.9 Å². The molecular weight excluding hydrogens is 264 g/mol. The van der Waals surface area contributed by atoms with E-state index >= 15 is 0 Å². The maximum absolute atomic E-state index is 11.7. The summed E-state index contributed by atoms with van der Waals surface area (Å²) < 4.78 is 1.70. The Hall–Kier alpha value is -2.07. The Kier molecular flexibility index (Phi) is 4.02. The Morgan fingerprint density at radius 1 is 1.42 bits per heavy atom. The van der Waals surface area contributed by atoms with Gasteiger partial charge in [-0.15, -0.1) is 6.58 Å². The molecule has 0 radical (unpaired) electrons. The number of hydrogen-bond donors (Lipinski definition) is 1. The summed E-state index contributed by atoms with van der Waals surface area (Å²) in [6.45, 7) is 4.08. The van der Waals surface area contributed by atoms with E-state index < -0.39 is 0 Å². The molecule has 4 nitrogen and oxygen atoms in total. The highest BCUT2D eigenvalue weighted by molar-refractivity contribution is 6.31. The summed E-state index contributed by atoms with van der Waals surface area (Å²) in [6, 6.07) is 6.45. The molecule has 0 atom stereocenters. The van der Waals surface area contributed by atoms with Crippen molar-refractivity contribution < 1.29 is 4.79 Å². The summed E-state index contributed by atoms with van der Waals surface area (Å²) in [5, 5.41) is 3.76. The number of carbonyl (C=O) groups is 1. The van der Waals surface area contributed by atoms with Crippen LogP contribution in [0, 0.1) is 0 Å². The predicted octanol–water partition coefficient (Wildman–Crippen LogP) is 1.96. The SMILES string of the molecule is C=CCNC(=O)Cn1ccc(=O)c2ccc(Cl)cc21. The number of carbonyl (C=O) groups excluding carboxylic acids is 1. The second-order valence-corrected chi connectivity index (χ2v) is 4.50. The van der Waals surface area contributed by atoms with Crippen molar-refractivity contribution in [1.29, 1.82) is 0 Å². The minimum absolute atomic E-state index is 0.0885. The van der Waals surface area contributed by atoms with E-state index in [1.165, 1.54) is 6.07 Å². The maximum atomic E-state index is 11.7. The number of hydrogen-bond acceptors (Lipinski definition) is 2. The molecule has 0 bridgehead atoms. The van der Waals surface area contributed by atoms with E-state index in [-0.39, 0.29) is 17.9 Å². The van der Waals surface area contributed by atoms with Gasteiger partial charge in [-0.1, -0.05) is 17.7 Å². The van der Waals surface area contributed by atoms with Crippen molar-refractivity contribution >= 4 is 28.4 Å². The number of benzene rings is 1. The lowest BCUT2D eigenvalue weighted by Crippen LogP contribution is -2.28. The van der Waals surface area contributed by atoms with Crippen LogP contribution in [0.4, 0.5) is 0 Å². The number of nitrogens with one attached hydrogen (secondary N) is 1. The molecule has 1 aromatic carbocycles. The molecule has 0 saturated heterocycles. The summed E-state index contributed by atoms with van der Waals surface area (Å²) in [6.07, 6.45) is 3.20. The lowest BCUT2D eigenvalue weighted by atomic mass is 10.2. The number of fused-ring (bicyclic) bond motifs is 1. The van der Waals surface area contributed by atoms with Gasteiger partial charge in [-0.25, -0.2) is 0 Å². The van der Waals surface area contributed by atoms with Gasteiger partial charge in [0.25, 0.3) is 0 Å². The summed E-state index contributed by atoms with van der Waals surface area (Å²) in [4.78, 5) is 23.4. The van der Waals surface area contributed by atoms with Crippen LogP contribution >= 0.6 is 11.6 Å². The minimum atomic E-state index is -0.148. The van der Waals surface area contributed by atoms with Gasteiger partial charge in [-0.05, 0) is 18.2 Å². The number of nitrogens with zero attached hydrogens (tertiary/aromatic N) is 1. The fraction of sp³-hybridized carbons (Fsp3) is 0.143. The fourth-order valence-electron chi connectivity index (χ4n) is 1.81. The van der Waals surface area contributed by atoms with Crippen molar-refractivity contribution in [2.75, 3.05) is 6.54 Å². The number of amides is 1. The van der Waals surface area contributed by atoms with Crippen LogP contribution in [0.3, 0.4) is 0 Å². The number of pyridine rings is 1. The van der Waals surface area contributed by atoms with Gasteiger partial charge in [-0.3, -0.25) is 9.59 Å². The first-order valence-corrected chi connectivity index (χ1v) is 6.16. The van der Waals surface area contributed by atoms with E-state index in [1.807, 2.05) is 0 Å². The predicted molar refractivity (Wildman–Crippen MR) is 76.4 cm³/mol. The molecule has 0 aliphatic rings. The normalized spacial score (nSPS) is 10.4. The van der Waals surface area contributed by atoms with Crippen molar-refractivity contribution in [1.82, 2.24) is 9.88 Å². The van der Waals surface area contributed by atoms with E-state index in [0.717, 1.165) is 0 Å². The second-order valence-electron chi connectivity index (χ2n) is 4.06. The molecule has 0 spiro atoms. The van der Waals surface area contributed by atoms with Crippen molar-refractivity contribution in [2.45, 2.75) is 6.54 Å². The molecule has 1 N–H and O–H groups in total. The van der Waals surface area contributed by atoms with Crippen molar-refractivity contribution in [2.24, 2.45) is 0 Å². The van der Waals surface area contributed by atoms with Crippen LogP contribution in [0.5, 0.6) is 0 Å². The van der Waals surface area contributed by atoms with Crippen LogP contribution < -0.4 is 10.7 Å². The van der Waals surface area contributed by atoms with Gasteiger partial charge in [0, 0.05) is 29.2 Å². The van der Waals surface area contributed by atoms with Crippen LogP contribution in [0.2, 0.25) is 5.02 Å². The van der Waals surface area contributed by atoms with Gasteiger partial charge >= 0.3 is 0 Å². The maximum Gasteiger partial charge on any atom is 0.240 e. The average molecular weight is 277 g/mol. The Morgan fingerprint density at radius 3 is 2.95 bits per heavy atom. The van der Waals surface area contributed by atoms with E-state index in [2.05, 4.69) is 11.9 Å². The van der Waals surface area contributed by atoms with Crippen molar-refractivity contribution in [3.05, 3.63) is 58.4 Å². The average Bonchev–Trinajstić information content (AvgIpc) is 2.39. The monoisotopic (exact) mass is 276 g/mol. The van der Waals surface area contributed by atoms with E-state index in [4.69, 9.17) is 11.6 Å². The van der Waals surface area contributed by atoms with E-state index in [0.29, 0.717) is 22.5 Å². The minimum Gasteiger partial charge on any atom is -0.351 e. The summed E-state index contributed by atoms with van der Waals surface area (Å²) in [7, 11) is 0. The lowest BCUT2D eigenvalue weighted by Gasteiger charge is -2.10. The smallest absolute Gasteiger partial charge is 0.240 e. The molecule has 0 saturated carbocycles. The van der Waals surface area contributed by atoms with Gasteiger partial charge in [0.2, 0.25) is 5.91 Å². The lowest BCUT2D eigenvalue weighted by molar-refractivity contribution is -0.121. The molecule has 1 amide bonds. The first-order chi connectivity index (χ1) is 9.11. The molecule has 5 heteroatoms. The van der Waals surface area contributed by atoms with Crippen molar-refractivity contribution in [3.63, 3.8) is 0 Å². The van der Waals surface area contributed by atoms with Gasteiger partial charge in [0.05, 0.1) is 5.52 Å². The standard InChI is InChI=1S/C14H13ClN2O2/c1-2-6-16-14(19)9-17-7-5-13(18)11-4-3-10(15)8-12(11)17/h2-5,7-8H,1,6,9H2,(H,16,19). The third-order valence-corrected chi connectivity index (χ3v) is 2.93. The molecule has 0 aliphatic heterocycles. The highest BCUT2D eigenvalue weighted by Crippen LogP contribution is 2.16. The van der Waals surface area contributed by atoms with Gasteiger partial charge in [0.1, 0.15) is 6.54 Å². The number of rotatable bonds is 4. The highest BCUT2D eigenvalue weighted by Gasteiger charge is 2.06. The summed E-state index contributed by atoms with van der Waals surface area (Å²) >= 11 is 5.93. The molecule has 1 aromatic heterocycles. The molecule has 19 heavy (non-hydrogen) atoms. The molecule has 0 fully saturated rings. The molecule has 2 aromatic rings. The van der Waals surface area contributed by atoms with Crippen LogP contribution in [0.25, 0.3) is 10.9 Å². The molecule has 1 heterocycles. The van der Waals surface area contributed by atoms with Crippen LogP contribution in [-0.2, 0) is 11.3 Å². The number of halogens is 1. The zero-order chi connectivity index (χ0) is 13.8. The second kappa shape index (κ2) is 5.71. The molecule has 2 rings (SSSR count). The molecular formula is C14H13ClN2O2. The Balaban J connectivity index is 2.40. The Morgan fingerprint density at radius 2 is 2.21 bits per heavy atom. The first-order valence-electron chi connectivity index (χ1n) is 5.78. The van der Waals surface area contributed by atoms with Gasteiger partial charge in [0.15, 0.2) is 5.43 Å². The third kappa shape index (κ3) is 3.03. The topological polar surface area (TPSA) is 51.1 Å². The third-order valence-electron chi connectivity index (χ3n) is 2.70. The summed E-state index contributed by atoms with van der Waals surface area (Å²) in [5.41, 5.74) is 0.558. The zero-order valence-electron chi connectivity index (χ0n) is 10.2. The largest absolute Gasteiger partial charge is 0.351 e. The number of aromatic nitrogens is 1. The first kappa shape index (κ1) is 13.4. The molecule has 0 aliphatic carbocycles. The molecule has 98 valence electrons. The Bertz CT molecular complexity index is 691. The van der Waals surface area contributed by atoms with Gasteiger partial charge in [-0.2, -0.15) is 0 Å². The zero-order valence-corrected chi connectivity index (χ0v) is 11.0. The highest BCUT2D eigenvalue weighted by atomic mass is 35.5. The molecule has 0 unspecified atom stereocenters. The Labute approximate surface area is 115 Å². The van der Waals surface area contributed by atoms with E-state index in [1.54, 1.807) is 35.0 Å². The van der Waals surface area contributed by atoms with Crippen LogP contribution in [0.1, 0.15) is 0 Å². The van der Waals surface area contributed by atoms with Crippen molar-refractivity contribution in [3.8, 4) is 0 Å². The van der Waals surface area contributed by atoms with Gasteiger partial charge < -0.3 is 9.88 Å². The fourth-order valence-corrected chi connectivity index (χ4v) is 1.98. The van der Waals surface area contributed by atoms with Crippen LogP contribution in [-0.4, -0.2) is 17.0 Å². The quantitative estimate of drug-likeness (QED) is 0.868. The summed E-state index contributed by atoms with van der Waals surface area (Å²) in [5.74, 6) is -0.148.